The van der Waals surface area contributed by atoms with Crippen LogP contribution in [-0.2, 0) is 0 Å². The van der Waals surface area contributed by atoms with Gasteiger partial charge in [-0.25, -0.2) is 4.79 Å². The first-order valence-corrected chi connectivity index (χ1v) is 5.07. The van der Waals surface area contributed by atoms with Crippen molar-refractivity contribution in [1.29, 1.82) is 0 Å². The van der Waals surface area contributed by atoms with Gasteiger partial charge in [-0.15, -0.1) is 0 Å². The zero-order valence-corrected chi connectivity index (χ0v) is 8.84. The number of nitrogens with zero attached hydrogens (tertiary/aromatic N) is 1. The van der Waals surface area contributed by atoms with Gasteiger partial charge in [0.2, 0.25) is 0 Å². The molecule has 0 aliphatic heterocycles. The van der Waals surface area contributed by atoms with E-state index in [-0.39, 0.29) is 6.03 Å². The molecule has 0 bridgehead atoms. The lowest BCUT2D eigenvalue weighted by Crippen LogP contribution is -2.43. The van der Waals surface area contributed by atoms with Crippen molar-refractivity contribution in [2.45, 2.75) is 38.6 Å². The fourth-order valence-corrected chi connectivity index (χ4v) is 1.87. The van der Waals surface area contributed by atoms with E-state index in [0.717, 1.165) is 18.8 Å². The highest BCUT2D eigenvalue weighted by atomic mass is 16.2. The van der Waals surface area contributed by atoms with Gasteiger partial charge in [0.1, 0.15) is 0 Å². The molecule has 3 heteroatoms. The first-order chi connectivity index (χ1) is 6.09. The lowest BCUT2D eigenvalue weighted by Gasteiger charge is -2.28. The summed E-state index contributed by atoms with van der Waals surface area (Å²) >= 11 is 0. The fraction of sp³-hybridized carbons (Fsp3) is 0.900. The molecule has 0 spiro atoms. The van der Waals surface area contributed by atoms with Crippen molar-refractivity contribution >= 4 is 6.03 Å². The first-order valence-electron chi connectivity index (χ1n) is 5.07. The molecule has 0 radical (unpaired) electrons. The minimum absolute atomic E-state index is 0.0408. The molecule has 76 valence electrons. The average Bonchev–Trinajstić information content (AvgIpc) is 2.04. The Labute approximate surface area is 80.5 Å². The van der Waals surface area contributed by atoms with Gasteiger partial charge >= 0.3 is 6.03 Å². The van der Waals surface area contributed by atoms with E-state index >= 15 is 0 Å². The van der Waals surface area contributed by atoms with E-state index in [2.05, 4.69) is 12.2 Å². The van der Waals surface area contributed by atoms with E-state index in [0.29, 0.717) is 6.04 Å². The molecule has 0 saturated heterocycles. The summed E-state index contributed by atoms with van der Waals surface area (Å²) in [5.41, 5.74) is 0. The molecule has 1 fully saturated rings. The minimum Gasteiger partial charge on any atom is -0.335 e. The number of hydrogen-bond acceptors (Lipinski definition) is 1. The number of carbonyl (C=O) groups excluding carboxylic acids is 1. The van der Waals surface area contributed by atoms with Gasteiger partial charge in [0, 0.05) is 20.1 Å². The Morgan fingerprint density at radius 1 is 1.38 bits per heavy atom. The maximum absolute atomic E-state index is 11.3. The highest BCUT2D eigenvalue weighted by Crippen LogP contribution is 2.23. The summed E-state index contributed by atoms with van der Waals surface area (Å²) in [7, 11) is 3.56. The normalized spacial score (nSPS) is 28.2. The molecule has 0 heterocycles. The maximum atomic E-state index is 11.3. The van der Waals surface area contributed by atoms with E-state index in [9.17, 15) is 4.79 Å². The lowest BCUT2D eigenvalue weighted by molar-refractivity contribution is 0.204. The molecule has 1 N–H and O–H groups in total. The molecular weight excluding hydrogens is 164 g/mol. The molecule has 1 rings (SSSR count). The molecule has 13 heavy (non-hydrogen) atoms. The van der Waals surface area contributed by atoms with Crippen molar-refractivity contribution in [3.05, 3.63) is 0 Å². The Bertz CT molecular complexity index is 180. The highest BCUT2D eigenvalue weighted by Gasteiger charge is 2.20. The van der Waals surface area contributed by atoms with E-state index in [1.54, 1.807) is 19.0 Å². The monoisotopic (exact) mass is 184 g/mol. The summed E-state index contributed by atoms with van der Waals surface area (Å²) < 4.78 is 0. The van der Waals surface area contributed by atoms with Crippen LogP contribution in [0.25, 0.3) is 0 Å². The van der Waals surface area contributed by atoms with Crippen molar-refractivity contribution in [3.8, 4) is 0 Å². The van der Waals surface area contributed by atoms with Gasteiger partial charge in [0.25, 0.3) is 0 Å². The van der Waals surface area contributed by atoms with Gasteiger partial charge in [-0.3, -0.25) is 0 Å². The second kappa shape index (κ2) is 4.49. The van der Waals surface area contributed by atoms with E-state index < -0.39 is 0 Å². The molecule has 2 unspecified atom stereocenters. The van der Waals surface area contributed by atoms with Crippen LogP contribution in [0.4, 0.5) is 4.79 Å². The van der Waals surface area contributed by atoms with E-state index in [1.165, 1.54) is 12.8 Å². The minimum atomic E-state index is 0.0408. The summed E-state index contributed by atoms with van der Waals surface area (Å²) in [6, 6.07) is 0.442. The molecule has 2 atom stereocenters. The standard InChI is InChI=1S/C10H20N2O/c1-8-5-4-6-9(7-8)11-10(13)12(2)3/h8-9H,4-7H2,1-3H3,(H,11,13). The third kappa shape index (κ3) is 3.25. The topological polar surface area (TPSA) is 32.3 Å². The maximum Gasteiger partial charge on any atom is 0.317 e. The second-order valence-electron chi connectivity index (χ2n) is 4.31. The van der Waals surface area contributed by atoms with Crippen molar-refractivity contribution in [3.63, 3.8) is 0 Å². The Hall–Kier alpha value is -0.730. The first kappa shape index (κ1) is 10.4. The number of carbonyl (C=O) groups is 1. The van der Waals surface area contributed by atoms with Crippen LogP contribution >= 0.6 is 0 Å². The molecule has 1 saturated carbocycles. The molecule has 3 nitrogen and oxygen atoms in total. The van der Waals surface area contributed by atoms with Crippen LogP contribution in [0.5, 0.6) is 0 Å². The molecule has 0 aromatic heterocycles. The number of rotatable bonds is 1. The van der Waals surface area contributed by atoms with Gasteiger partial charge in [0.15, 0.2) is 0 Å². The van der Waals surface area contributed by atoms with Crippen molar-refractivity contribution in [1.82, 2.24) is 10.2 Å². The van der Waals surface area contributed by atoms with Gasteiger partial charge in [0.05, 0.1) is 0 Å². The number of nitrogens with one attached hydrogen (secondary N) is 1. The lowest BCUT2D eigenvalue weighted by atomic mass is 9.87. The Balaban J connectivity index is 2.31. The van der Waals surface area contributed by atoms with Crippen LogP contribution in [0, 0.1) is 5.92 Å². The molecule has 1 aliphatic carbocycles. The van der Waals surface area contributed by atoms with Crippen LogP contribution in [-0.4, -0.2) is 31.1 Å². The van der Waals surface area contributed by atoms with Crippen molar-refractivity contribution in [2.75, 3.05) is 14.1 Å². The van der Waals surface area contributed by atoms with Gasteiger partial charge in [-0.1, -0.05) is 19.8 Å². The molecular formula is C10H20N2O. The van der Waals surface area contributed by atoms with Crippen LogP contribution in [0.1, 0.15) is 32.6 Å². The quantitative estimate of drug-likeness (QED) is 0.662. The average molecular weight is 184 g/mol. The molecule has 0 aromatic carbocycles. The van der Waals surface area contributed by atoms with Crippen LogP contribution in [0.15, 0.2) is 0 Å². The fourth-order valence-electron chi connectivity index (χ4n) is 1.87. The van der Waals surface area contributed by atoms with Crippen molar-refractivity contribution < 1.29 is 4.79 Å². The summed E-state index contributed by atoms with van der Waals surface area (Å²) in [5, 5.41) is 3.04. The summed E-state index contributed by atoms with van der Waals surface area (Å²) in [5.74, 6) is 0.765. The number of hydrogen-bond donors (Lipinski definition) is 1. The van der Waals surface area contributed by atoms with Crippen LogP contribution in [0.3, 0.4) is 0 Å². The highest BCUT2D eigenvalue weighted by molar-refractivity contribution is 5.73. The third-order valence-electron chi connectivity index (χ3n) is 2.67. The predicted molar refractivity (Wildman–Crippen MR) is 53.6 cm³/mol. The molecule has 2 amide bonds. The third-order valence-corrected chi connectivity index (χ3v) is 2.67. The molecule has 1 aliphatic rings. The summed E-state index contributed by atoms with van der Waals surface area (Å²) in [6.45, 7) is 2.26. The Morgan fingerprint density at radius 3 is 2.62 bits per heavy atom. The van der Waals surface area contributed by atoms with Crippen LogP contribution in [0.2, 0.25) is 0 Å². The number of amides is 2. The van der Waals surface area contributed by atoms with Gasteiger partial charge in [-0.2, -0.15) is 0 Å². The largest absolute Gasteiger partial charge is 0.335 e. The summed E-state index contributed by atoms with van der Waals surface area (Å²) in [4.78, 5) is 12.9. The SMILES string of the molecule is CC1CCCC(NC(=O)N(C)C)C1. The van der Waals surface area contributed by atoms with Gasteiger partial charge < -0.3 is 10.2 Å². The second-order valence-corrected chi connectivity index (χ2v) is 4.31. The van der Waals surface area contributed by atoms with Crippen molar-refractivity contribution in [2.24, 2.45) is 5.92 Å². The summed E-state index contributed by atoms with van der Waals surface area (Å²) in [6.07, 6.45) is 4.84. The van der Waals surface area contributed by atoms with Crippen LogP contribution < -0.4 is 5.32 Å². The predicted octanol–water partition coefficient (Wildman–Crippen LogP) is 1.84. The smallest absolute Gasteiger partial charge is 0.317 e. The Kier molecular flexibility index (Phi) is 3.58. The zero-order valence-electron chi connectivity index (χ0n) is 8.84. The molecule has 0 aromatic rings. The van der Waals surface area contributed by atoms with E-state index in [1.807, 2.05) is 0 Å². The number of urea groups is 1. The Morgan fingerprint density at radius 2 is 2.08 bits per heavy atom. The zero-order chi connectivity index (χ0) is 9.84. The van der Waals surface area contributed by atoms with E-state index in [4.69, 9.17) is 0 Å². The van der Waals surface area contributed by atoms with Gasteiger partial charge in [-0.05, 0) is 18.8 Å².